The lowest BCUT2D eigenvalue weighted by molar-refractivity contribution is 0.0953. The summed E-state index contributed by atoms with van der Waals surface area (Å²) in [5.41, 5.74) is 1.31. The summed E-state index contributed by atoms with van der Waals surface area (Å²) in [5.74, 6) is -0.560. The maximum absolute atomic E-state index is 12.2. The Morgan fingerprint density at radius 1 is 1.09 bits per heavy atom. The summed E-state index contributed by atoms with van der Waals surface area (Å²) in [6.07, 6.45) is 4.78. The molecule has 0 atom stereocenters. The molecule has 23 heavy (non-hydrogen) atoms. The van der Waals surface area contributed by atoms with Crippen molar-refractivity contribution in [3.8, 4) is 0 Å². The molecule has 1 aromatic heterocycles. The average molecular weight is 332 g/mol. The molecule has 0 aliphatic rings. The highest BCUT2D eigenvalue weighted by molar-refractivity contribution is 6.30. The Labute approximate surface area is 140 Å². The molecule has 0 saturated carbocycles. The smallest absolute Gasteiger partial charge is 0.257 e. The van der Waals surface area contributed by atoms with Gasteiger partial charge in [0.2, 0.25) is 0 Å². The molecule has 0 radical (unpaired) electrons. The van der Waals surface area contributed by atoms with Crippen LogP contribution < -0.4 is 10.6 Å². The van der Waals surface area contributed by atoms with Crippen LogP contribution in [0, 0.1) is 0 Å². The normalized spacial score (nSPS) is 10.2. The first kappa shape index (κ1) is 17.0. The first-order valence-corrected chi connectivity index (χ1v) is 7.78. The second-order valence-corrected chi connectivity index (χ2v) is 5.47. The number of nitrogens with zero attached hydrogens (tertiary/aromatic N) is 1. The van der Waals surface area contributed by atoms with Gasteiger partial charge in [0.15, 0.2) is 0 Å². The van der Waals surface area contributed by atoms with Gasteiger partial charge in [0.25, 0.3) is 11.8 Å². The Bertz CT molecular complexity index is 686. The number of benzene rings is 1. The molecule has 1 heterocycles. The second-order valence-electron chi connectivity index (χ2n) is 5.03. The highest BCUT2D eigenvalue weighted by Crippen LogP contribution is 2.14. The van der Waals surface area contributed by atoms with Gasteiger partial charge in [-0.05, 0) is 36.8 Å². The summed E-state index contributed by atoms with van der Waals surface area (Å²) in [4.78, 5) is 28.2. The fourth-order valence-corrected chi connectivity index (χ4v) is 2.03. The minimum Gasteiger partial charge on any atom is -0.352 e. The summed E-state index contributed by atoms with van der Waals surface area (Å²) < 4.78 is 0. The van der Waals surface area contributed by atoms with Crippen LogP contribution in [-0.2, 0) is 0 Å². The predicted octanol–water partition coefficient (Wildman–Crippen LogP) is 3.52. The fourth-order valence-electron chi connectivity index (χ4n) is 1.91. The van der Waals surface area contributed by atoms with E-state index in [0.29, 0.717) is 28.4 Å². The number of nitrogens with one attached hydrogen (secondary N) is 2. The third-order valence-corrected chi connectivity index (χ3v) is 3.43. The van der Waals surface area contributed by atoms with Crippen molar-refractivity contribution in [3.63, 3.8) is 0 Å². The zero-order valence-electron chi connectivity index (χ0n) is 12.8. The summed E-state index contributed by atoms with van der Waals surface area (Å²) in [5, 5.41) is 6.12. The molecule has 2 N–H and O–H groups in total. The Hall–Kier alpha value is -2.40. The number of unbranched alkanes of at least 4 members (excludes halogenated alkanes) is 1. The third kappa shape index (κ3) is 5.07. The number of rotatable bonds is 6. The molecular formula is C17H18ClN3O2. The van der Waals surface area contributed by atoms with E-state index in [9.17, 15) is 9.59 Å². The first-order chi connectivity index (χ1) is 11.1. The van der Waals surface area contributed by atoms with Gasteiger partial charge in [-0.25, -0.2) is 0 Å². The molecule has 0 aliphatic carbocycles. The van der Waals surface area contributed by atoms with Crippen LogP contribution in [0.4, 0.5) is 5.69 Å². The van der Waals surface area contributed by atoms with Crippen molar-refractivity contribution in [1.29, 1.82) is 0 Å². The highest BCUT2D eigenvalue weighted by Gasteiger charge is 2.11. The number of hydrogen-bond donors (Lipinski definition) is 2. The minimum absolute atomic E-state index is 0.230. The number of amides is 2. The molecule has 6 heteroatoms. The maximum Gasteiger partial charge on any atom is 0.257 e. The van der Waals surface area contributed by atoms with Crippen LogP contribution in [0.25, 0.3) is 0 Å². The van der Waals surface area contributed by atoms with Crippen LogP contribution in [0.1, 0.15) is 40.5 Å². The summed E-state index contributed by atoms with van der Waals surface area (Å²) in [7, 11) is 0. The zero-order valence-corrected chi connectivity index (χ0v) is 13.6. The van der Waals surface area contributed by atoms with E-state index in [1.165, 1.54) is 18.5 Å². The van der Waals surface area contributed by atoms with Gasteiger partial charge in [-0.15, -0.1) is 0 Å². The molecule has 0 bridgehead atoms. The average Bonchev–Trinajstić information content (AvgIpc) is 2.57. The van der Waals surface area contributed by atoms with Gasteiger partial charge in [0.1, 0.15) is 0 Å². The van der Waals surface area contributed by atoms with E-state index < -0.39 is 0 Å². The molecule has 0 saturated heterocycles. The Morgan fingerprint density at radius 2 is 1.74 bits per heavy atom. The molecule has 2 amide bonds. The lowest BCUT2D eigenvalue weighted by Crippen LogP contribution is -2.25. The van der Waals surface area contributed by atoms with Gasteiger partial charge in [0, 0.05) is 29.6 Å². The number of anilines is 1. The summed E-state index contributed by atoms with van der Waals surface area (Å²) >= 11 is 5.81. The second kappa shape index (κ2) is 8.29. The van der Waals surface area contributed by atoms with Gasteiger partial charge >= 0.3 is 0 Å². The standard InChI is InChI=1S/C17H18ClN3O2/c1-2-3-8-20-16(22)12-9-13(11-19-10-12)17(23)21-15-6-4-14(18)5-7-15/h4-7,9-11H,2-3,8H2,1H3,(H,20,22)(H,21,23). The van der Waals surface area contributed by atoms with Crippen LogP contribution in [-0.4, -0.2) is 23.3 Å². The van der Waals surface area contributed by atoms with Crippen molar-refractivity contribution >= 4 is 29.1 Å². The van der Waals surface area contributed by atoms with Gasteiger partial charge in [-0.2, -0.15) is 0 Å². The van der Waals surface area contributed by atoms with E-state index in [1.54, 1.807) is 24.3 Å². The molecule has 1 aromatic carbocycles. The molecular weight excluding hydrogens is 314 g/mol. The van der Waals surface area contributed by atoms with Crippen LogP contribution in [0.3, 0.4) is 0 Å². The molecule has 2 rings (SSSR count). The van der Waals surface area contributed by atoms with Crippen LogP contribution in [0.5, 0.6) is 0 Å². The lowest BCUT2D eigenvalue weighted by atomic mass is 10.1. The molecule has 0 aliphatic heterocycles. The van der Waals surface area contributed by atoms with Gasteiger partial charge < -0.3 is 10.6 Å². The summed E-state index contributed by atoms with van der Waals surface area (Å²) in [6.45, 7) is 2.66. The van der Waals surface area contributed by atoms with E-state index in [2.05, 4.69) is 22.5 Å². The van der Waals surface area contributed by atoms with E-state index in [-0.39, 0.29) is 11.8 Å². The van der Waals surface area contributed by atoms with Crippen molar-refractivity contribution in [2.75, 3.05) is 11.9 Å². The quantitative estimate of drug-likeness (QED) is 0.796. The number of pyridine rings is 1. The largest absolute Gasteiger partial charge is 0.352 e. The zero-order chi connectivity index (χ0) is 16.7. The van der Waals surface area contributed by atoms with E-state index >= 15 is 0 Å². The molecule has 0 fully saturated rings. The highest BCUT2D eigenvalue weighted by atomic mass is 35.5. The SMILES string of the molecule is CCCCNC(=O)c1cncc(C(=O)Nc2ccc(Cl)cc2)c1. The van der Waals surface area contributed by atoms with Gasteiger partial charge in [-0.1, -0.05) is 24.9 Å². The van der Waals surface area contributed by atoms with Crippen LogP contribution >= 0.6 is 11.6 Å². The van der Waals surface area contributed by atoms with Crippen molar-refractivity contribution < 1.29 is 9.59 Å². The fraction of sp³-hybridized carbons (Fsp3) is 0.235. The van der Waals surface area contributed by atoms with Gasteiger partial charge in [-0.3, -0.25) is 14.6 Å². The molecule has 5 nitrogen and oxygen atoms in total. The Kier molecular flexibility index (Phi) is 6.11. The number of halogens is 1. The predicted molar refractivity (Wildman–Crippen MR) is 90.9 cm³/mol. The monoisotopic (exact) mass is 331 g/mol. The van der Waals surface area contributed by atoms with E-state index in [0.717, 1.165) is 12.8 Å². The van der Waals surface area contributed by atoms with E-state index in [1.807, 2.05) is 0 Å². The topological polar surface area (TPSA) is 71.1 Å². The van der Waals surface area contributed by atoms with Gasteiger partial charge in [0.05, 0.1) is 11.1 Å². The lowest BCUT2D eigenvalue weighted by Gasteiger charge is -2.07. The first-order valence-electron chi connectivity index (χ1n) is 7.40. The molecule has 2 aromatic rings. The van der Waals surface area contributed by atoms with E-state index in [4.69, 9.17) is 11.6 Å². The maximum atomic E-state index is 12.2. The van der Waals surface area contributed by atoms with Crippen molar-refractivity contribution in [2.45, 2.75) is 19.8 Å². The van der Waals surface area contributed by atoms with Crippen LogP contribution in [0.2, 0.25) is 5.02 Å². The third-order valence-electron chi connectivity index (χ3n) is 3.18. The number of hydrogen-bond acceptors (Lipinski definition) is 3. The van der Waals surface area contributed by atoms with Crippen molar-refractivity contribution in [1.82, 2.24) is 10.3 Å². The number of carbonyl (C=O) groups is 2. The molecule has 120 valence electrons. The van der Waals surface area contributed by atoms with Crippen molar-refractivity contribution in [3.05, 3.63) is 58.9 Å². The summed E-state index contributed by atoms with van der Waals surface area (Å²) in [6, 6.07) is 8.31. The number of aromatic nitrogens is 1. The molecule has 0 unspecified atom stereocenters. The molecule has 0 spiro atoms. The van der Waals surface area contributed by atoms with Crippen molar-refractivity contribution in [2.24, 2.45) is 0 Å². The van der Waals surface area contributed by atoms with Crippen LogP contribution in [0.15, 0.2) is 42.7 Å². The number of carbonyl (C=O) groups excluding carboxylic acids is 2. The Morgan fingerprint density at radius 3 is 2.39 bits per heavy atom. The minimum atomic E-state index is -0.331. The Balaban J connectivity index is 2.04.